The third-order valence-electron chi connectivity index (χ3n) is 5.06. The Labute approximate surface area is 164 Å². The van der Waals surface area contributed by atoms with Crippen molar-refractivity contribution >= 4 is 23.6 Å². The number of thioether (sulfide) groups is 1. The summed E-state index contributed by atoms with van der Waals surface area (Å²) in [7, 11) is 3.52. The Hall–Kier alpha value is -1.64. The number of nitrogens with zero attached hydrogens (tertiary/aromatic N) is 4. The Balaban J connectivity index is 1.52. The molecule has 1 aromatic carbocycles. The van der Waals surface area contributed by atoms with Gasteiger partial charge in [-0.2, -0.15) is 0 Å². The molecule has 2 heterocycles. The number of halogens is 1. The zero-order chi connectivity index (χ0) is 19.4. The smallest absolute Gasteiger partial charge is 0.237 e. The van der Waals surface area contributed by atoms with Crippen molar-refractivity contribution in [1.29, 1.82) is 0 Å². The molecule has 0 bridgehead atoms. The second-order valence-electron chi connectivity index (χ2n) is 7.17. The van der Waals surface area contributed by atoms with Crippen molar-refractivity contribution in [3.8, 4) is 0 Å². The molecule has 0 aromatic heterocycles. The Bertz CT molecular complexity index is 679. The summed E-state index contributed by atoms with van der Waals surface area (Å²) >= 11 is 1.61. The summed E-state index contributed by atoms with van der Waals surface area (Å²) < 4.78 is 14.1. The minimum Gasteiger partial charge on any atom is -0.348 e. The van der Waals surface area contributed by atoms with Gasteiger partial charge in [-0.25, -0.2) is 4.39 Å². The van der Waals surface area contributed by atoms with Crippen LogP contribution < -0.4 is 0 Å². The van der Waals surface area contributed by atoms with Gasteiger partial charge in [-0.1, -0.05) is 18.2 Å². The fraction of sp³-hybridized carbons (Fsp3) is 0.579. The van der Waals surface area contributed by atoms with Crippen molar-refractivity contribution in [1.82, 2.24) is 19.6 Å². The minimum absolute atomic E-state index is 0.0473. The van der Waals surface area contributed by atoms with Crippen LogP contribution in [0.2, 0.25) is 0 Å². The van der Waals surface area contributed by atoms with Gasteiger partial charge in [0.1, 0.15) is 11.2 Å². The van der Waals surface area contributed by atoms with E-state index in [1.54, 1.807) is 47.8 Å². The van der Waals surface area contributed by atoms with E-state index >= 15 is 0 Å². The van der Waals surface area contributed by atoms with E-state index in [2.05, 4.69) is 9.80 Å². The Kier molecular flexibility index (Phi) is 6.73. The number of hydrogen-bond acceptors (Lipinski definition) is 5. The second kappa shape index (κ2) is 9.03. The molecule has 1 unspecified atom stereocenters. The lowest BCUT2D eigenvalue weighted by molar-refractivity contribution is -0.134. The van der Waals surface area contributed by atoms with Gasteiger partial charge in [0.15, 0.2) is 0 Å². The number of rotatable bonds is 5. The maximum atomic E-state index is 14.1. The highest BCUT2D eigenvalue weighted by Crippen LogP contribution is 2.38. The standard InChI is InChI=1S/C19H27FN4O2S/c1-21(2)17(25)13-22-7-9-23(10-8-22)14-18(26)24-11-12-27-19(24)15-5-3-4-6-16(15)20/h3-6,19H,7-14H2,1-2H3. The lowest BCUT2D eigenvalue weighted by Crippen LogP contribution is -2.51. The molecule has 0 spiro atoms. The first-order valence-electron chi connectivity index (χ1n) is 9.26. The molecule has 2 amide bonds. The third kappa shape index (κ3) is 5.00. The van der Waals surface area contributed by atoms with Crippen LogP contribution in [0, 0.1) is 5.82 Å². The van der Waals surface area contributed by atoms with Crippen molar-refractivity contribution in [3.63, 3.8) is 0 Å². The van der Waals surface area contributed by atoms with Crippen LogP contribution in [0.25, 0.3) is 0 Å². The summed E-state index contributed by atoms with van der Waals surface area (Å²) in [4.78, 5) is 32.3. The van der Waals surface area contributed by atoms with Gasteiger partial charge in [-0.05, 0) is 6.07 Å². The summed E-state index contributed by atoms with van der Waals surface area (Å²) in [6, 6.07) is 6.70. The maximum absolute atomic E-state index is 14.1. The molecular weight excluding hydrogens is 367 g/mol. The summed E-state index contributed by atoms with van der Waals surface area (Å²) in [5, 5.41) is -0.238. The average molecular weight is 395 g/mol. The average Bonchev–Trinajstić information content (AvgIpc) is 3.13. The molecule has 0 saturated carbocycles. The Morgan fingerprint density at radius 3 is 2.33 bits per heavy atom. The largest absolute Gasteiger partial charge is 0.348 e. The number of piperazine rings is 1. The van der Waals surface area contributed by atoms with Crippen LogP contribution >= 0.6 is 11.8 Å². The van der Waals surface area contributed by atoms with Crippen molar-refractivity contribution in [2.24, 2.45) is 0 Å². The molecule has 0 N–H and O–H groups in total. The van der Waals surface area contributed by atoms with Gasteiger partial charge in [0.05, 0.1) is 13.1 Å². The summed E-state index contributed by atoms with van der Waals surface area (Å²) in [6.45, 7) is 4.50. The number of benzene rings is 1. The second-order valence-corrected chi connectivity index (χ2v) is 8.36. The van der Waals surface area contributed by atoms with Gasteiger partial charge in [0.25, 0.3) is 0 Å². The van der Waals surface area contributed by atoms with E-state index in [9.17, 15) is 14.0 Å². The van der Waals surface area contributed by atoms with Crippen LogP contribution in [0.15, 0.2) is 24.3 Å². The van der Waals surface area contributed by atoms with Crippen LogP contribution in [-0.2, 0) is 9.59 Å². The van der Waals surface area contributed by atoms with E-state index in [0.29, 0.717) is 25.2 Å². The molecule has 27 heavy (non-hydrogen) atoms. The quantitative estimate of drug-likeness (QED) is 0.749. The van der Waals surface area contributed by atoms with Gasteiger partial charge in [0.2, 0.25) is 11.8 Å². The van der Waals surface area contributed by atoms with E-state index < -0.39 is 0 Å². The third-order valence-corrected chi connectivity index (χ3v) is 6.31. The van der Waals surface area contributed by atoms with Crippen molar-refractivity contribution in [2.45, 2.75) is 5.37 Å². The van der Waals surface area contributed by atoms with Crippen LogP contribution in [0.4, 0.5) is 4.39 Å². The van der Waals surface area contributed by atoms with E-state index in [0.717, 1.165) is 31.9 Å². The van der Waals surface area contributed by atoms with Gasteiger partial charge in [0, 0.05) is 58.1 Å². The number of amides is 2. The predicted molar refractivity (Wildman–Crippen MR) is 105 cm³/mol. The first-order valence-corrected chi connectivity index (χ1v) is 10.3. The maximum Gasteiger partial charge on any atom is 0.237 e. The molecule has 0 radical (unpaired) electrons. The van der Waals surface area contributed by atoms with Crippen molar-refractivity contribution in [2.75, 3.05) is 65.7 Å². The summed E-state index contributed by atoms with van der Waals surface area (Å²) in [5.41, 5.74) is 0.584. The molecule has 0 aliphatic carbocycles. The van der Waals surface area contributed by atoms with E-state index in [4.69, 9.17) is 0 Å². The number of hydrogen-bond donors (Lipinski definition) is 0. The number of carbonyl (C=O) groups excluding carboxylic acids is 2. The Morgan fingerprint density at radius 2 is 1.70 bits per heavy atom. The predicted octanol–water partition coefficient (Wildman–Crippen LogP) is 1.11. The molecule has 2 aliphatic heterocycles. The normalized spacial score (nSPS) is 21.4. The van der Waals surface area contributed by atoms with Crippen LogP contribution in [0.5, 0.6) is 0 Å². The first kappa shape index (κ1) is 20.1. The highest BCUT2D eigenvalue weighted by molar-refractivity contribution is 7.99. The van der Waals surface area contributed by atoms with Gasteiger partial charge in [-0.15, -0.1) is 11.8 Å². The topological polar surface area (TPSA) is 47.1 Å². The van der Waals surface area contributed by atoms with Crippen molar-refractivity contribution < 1.29 is 14.0 Å². The number of likely N-dealkylation sites (N-methyl/N-ethyl adjacent to an activating group) is 1. The molecular formula is C19H27FN4O2S. The minimum atomic E-state index is -0.256. The molecule has 148 valence electrons. The van der Waals surface area contributed by atoms with Crippen LogP contribution in [0.1, 0.15) is 10.9 Å². The fourth-order valence-electron chi connectivity index (χ4n) is 3.38. The Morgan fingerprint density at radius 1 is 1.07 bits per heavy atom. The molecule has 3 rings (SSSR count). The number of carbonyl (C=O) groups is 2. The summed E-state index contributed by atoms with van der Waals surface area (Å²) in [5.74, 6) is 0.715. The molecule has 6 nitrogen and oxygen atoms in total. The van der Waals surface area contributed by atoms with Gasteiger partial charge < -0.3 is 9.80 Å². The molecule has 1 aromatic rings. The fourth-order valence-corrected chi connectivity index (χ4v) is 4.68. The molecule has 2 aliphatic rings. The molecule has 8 heteroatoms. The first-order chi connectivity index (χ1) is 13.0. The molecule has 2 fully saturated rings. The van der Waals surface area contributed by atoms with Gasteiger partial charge >= 0.3 is 0 Å². The van der Waals surface area contributed by atoms with E-state index in [1.165, 1.54) is 6.07 Å². The lowest BCUT2D eigenvalue weighted by Gasteiger charge is -2.35. The highest BCUT2D eigenvalue weighted by atomic mass is 32.2. The zero-order valence-corrected chi connectivity index (χ0v) is 16.8. The lowest BCUT2D eigenvalue weighted by atomic mass is 10.2. The molecule has 1 atom stereocenters. The van der Waals surface area contributed by atoms with Crippen molar-refractivity contribution in [3.05, 3.63) is 35.6 Å². The monoisotopic (exact) mass is 394 g/mol. The zero-order valence-electron chi connectivity index (χ0n) is 15.9. The van der Waals surface area contributed by atoms with Gasteiger partial charge in [-0.3, -0.25) is 19.4 Å². The van der Waals surface area contributed by atoms with Crippen LogP contribution in [-0.4, -0.2) is 97.1 Å². The van der Waals surface area contributed by atoms with E-state index in [-0.39, 0.29) is 23.0 Å². The van der Waals surface area contributed by atoms with E-state index in [1.807, 2.05) is 6.07 Å². The molecule has 2 saturated heterocycles. The summed E-state index contributed by atoms with van der Waals surface area (Å²) in [6.07, 6.45) is 0. The van der Waals surface area contributed by atoms with Crippen LogP contribution in [0.3, 0.4) is 0 Å². The highest BCUT2D eigenvalue weighted by Gasteiger charge is 2.33. The SMILES string of the molecule is CN(C)C(=O)CN1CCN(CC(=O)N2CCSC2c2ccccc2F)CC1.